The number of carbonyl (C=O) groups excluding carboxylic acids is 1. The van der Waals surface area contributed by atoms with E-state index in [9.17, 15) is 9.59 Å². The third kappa shape index (κ3) is 4.96. The van der Waals surface area contributed by atoms with Gasteiger partial charge in [-0.25, -0.2) is 0 Å². The molecule has 0 aliphatic rings. The Morgan fingerprint density at radius 3 is 2.56 bits per heavy atom. The number of nitrogens with zero attached hydrogens (tertiary/aromatic N) is 1. The minimum atomic E-state index is -0.202. The normalized spacial score (nSPS) is 11.2. The molecule has 190 valence electrons. The molecule has 0 fully saturated rings. The van der Waals surface area contributed by atoms with Crippen molar-refractivity contribution >= 4 is 38.2 Å². The number of nitrogens with one attached hydrogen (secondary N) is 1. The van der Waals surface area contributed by atoms with E-state index >= 15 is 0 Å². The first-order valence-corrected chi connectivity index (χ1v) is 12.9. The second-order valence-electron chi connectivity index (χ2n) is 8.57. The maximum atomic E-state index is 13.7. The molecule has 4 aromatic rings. The highest BCUT2D eigenvalue weighted by Crippen LogP contribution is 2.35. The number of aryl methyl sites for hydroxylation is 1. The number of unbranched alkanes of at least 4 members (excludes halogenated alkanes) is 1. The number of aromatic nitrogens is 1. The zero-order valence-electron chi connectivity index (χ0n) is 21.2. The van der Waals surface area contributed by atoms with Crippen LogP contribution in [0.5, 0.6) is 11.5 Å². The first-order valence-electron chi connectivity index (χ1n) is 12.1. The zero-order chi connectivity index (χ0) is 25.7. The summed E-state index contributed by atoms with van der Waals surface area (Å²) < 4.78 is 18.8. The Morgan fingerprint density at radius 1 is 1.06 bits per heavy atom. The Labute approximate surface area is 214 Å². The molecule has 0 aliphatic carbocycles. The smallest absolute Gasteiger partial charge is 0.261 e. The molecule has 1 amide bonds. The molecular formula is C28H32N2O5S. The highest BCUT2D eigenvalue weighted by molar-refractivity contribution is 7.22. The predicted octanol–water partition coefficient (Wildman–Crippen LogP) is 5.15. The molecule has 0 bridgehead atoms. The SMILES string of the molecule is CCCCn1c(=O)c2c(COC)c(C(=O)NCCc3ccc(OC)c(OC)c3)sc2c2ccccc21. The number of thiophene rings is 1. The molecule has 0 saturated heterocycles. The molecule has 2 heterocycles. The van der Waals surface area contributed by atoms with Gasteiger partial charge in [-0.05, 0) is 36.6 Å². The van der Waals surface area contributed by atoms with Gasteiger partial charge in [-0.3, -0.25) is 9.59 Å². The number of para-hydroxylation sites is 1. The lowest BCUT2D eigenvalue weighted by Gasteiger charge is -2.11. The van der Waals surface area contributed by atoms with E-state index in [2.05, 4.69) is 12.2 Å². The maximum absolute atomic E-state index is 13.7. The molecule has 0 aliphatic heterocycles. The van der Waals surface area contributed by atoms with E-state index in [1.807, 2.05) is 47.0 Å². The van der Waals surface area contributed by atoms with Gasteiger partial charge in [-0.2, -0.15) is 0 Å². The molecule has 4 rings (SSSR count). The lowest BCUT2D eigenvalue weighted by molar-refractivity contribution is 0.0954. The second-order valence-corrected chi connectivity index (χ2v) is 9.59. The topological polar surface area (TPSA) is 78.8 Å². The van der Waals surface area contributed by atoms with Crippen molar-refractivity contribution in [1.29, 1.82) is 0 Å². The summed E-state index contributed by atoms with van der Waals surface area (Å²) in [6, 6.07) is 13.6. The Kier molecular flexibility index (Phi) is 8.28. The first kappa shape index (κ1) is 25.7. The molecule has 7 nitrogen and oxygen atoms in total. The molecule has 36 heavy (non-hydrogen) atoms. The fourth-order valence-electron chi connectivity index (χ4n) is 4.47. The van der Waals surface area contributed by atoms with Gasteiger partial charge in [-0.15, -0.1) is 11.3 Å². The van der Waals surface area contributed by atoms with E-state index in [-0.39, 0.29) is 18.1 Å². The van der Waals surface area contributed by atoms with Gasteiger partial charge >= 0.3 is 0 Å². The van der Waals surface area contributed by atoms with Crippen LogP contribution in [0.3, 0.4) is 0 Å². The fourth-order valence-corrected chi connectivity index (χ4v) is 5.72. The van der Waals surface area contributed by atoms with E-state index < -0.39 is 0 Å². The molecule has 0 spiro atoms. The van der Waals surface area contributed by atoms with Gasteiger partial charge in [0.25, 0.3) is 11.5 Å². The van der Waals surface area contributed by atoms with Gasteiger partial charge in [-0.1, -0.05) is 37.6 Å². The van der Waals surface area contributed by atoms with Gasteiger partial charge in [0.15, 0.2) is 11.5 Å². The van der Waals surface area contributed by atoms with Crippen molar-refractivity contribution in [3.8, 4) is 11.5 Å². The van der Waals surface area contributed by atoms with Crippen LogP contribution >= 0.6 is 11.3 Å². The van der Waals surface area contributed by atoms with Crippen molar-refractivity contribution in [3.63, 3.8) is 0 Å². The number of carbonyl (C=O) groups is 1. The number of fused-ring (bicyclic) bond motifs is 3. The number of benzene rings is 2. The Morgan fingerprint density at radius 2 is 1.83 bits per heavy atom. The summed E-state index contributed by atoms with van der Waals surface area (Å²) in [5.41, 5.74) is 2.51. The van der Waals surface area contributed by atoms with Crippen LogP contribution < -0.4 is 20.3 Å². The average Bonchev–Trinajstić information content (AvgIpc) is 3.28. The third-order valence-electron chi connectivity index (χ3n) is 6.28. The molecule has 0 saturated carbocycles. The number of rotatable bonds is 11. The number of amides is 1. The lowest BCUT2D eigenvalue weighted by Crippen LogP contribution is -2.26. The van der Waals surface area contributed by atoms with E-state index in [4.69, 9.17) is 14.2 Å². The van der Waals surface area contributed by atoms with Crippen molar-refractivity contribution in [2.75, 3.05) is 27.9 Å². The summed E-state index contributed by atoms with van der Waals surface area (Å²) in [5.74, 6) is 1.11. The molecule has 0 unspecified atom stereocenters. The summed E-state index contributed by atoms with van der Waals surface area (Å²) in [4.78, 5) is 27.5. The number of hydrogen-bond donors (Lipinski definition) is 1. The quantitative estimate of drug-likeness (QED) is 0.303. The summed E-state index contributed by atoms with van der Waals surface area (Å²) in [7, 11) is 4.78. The highest BCUT2D eigenvalue weighted by atomic mass is 32.1. The van der Waals surface area contributed by atoms with Gasteiger partial charge in [0.05, 0.1) is 41.3 Å². The Bertz CT molecular complexity index is 1440. The molecule has 0 atom stereocenters. The van der Waals surface area contributed by atoms with Crippen molar-refractivity contribution < 1.29 is 19.0 Å². The number of hydrogen-bond acceptors (Lipinski definition) is 6. The van der Waals surface area contributed by atoms with E-state index in [0.29, 0.717) is 46.8 Å². The largest absolute Gasteiger partial charge is 0.493 e. The summed E-state index contributed by atoms with van der Waals surface area (Å²) in [5, 5.41) is 4.59. The zero-order valence-corrected chi connectivity index (χ0v) is 22.0. The fraction of sp³-hybridized carbons (Fsp3) is 0.357. The second kappa shape index (κ2) is 11.6. The van der Waals surface area contributed by atoms with Crippen LogP contribution in [0.1, 0.15) is 40.6 Å². The van der Waals surface area contributed by atoms with Crippen LogP contribution in [-0.2, 0) is 24.3 Å². The maximum Gasteiger partial charge on any atom is 0.261 e. The van der Waals surface area contributed by atoms with Crippen LogP contribution in [0.15, 0.2) is 47.3 Å². The number of methoxy groups -OCH3 is 3. The molecule has 2 aromatic heterocycles. The highest BCUT2D eigenvalue weighted by Gasteiger charge is 2.23. The van der Waals surface area contributed by atoms with Crippen LogP contribution in [0.2, 0.25) is 0 Å². The Hall–Kier alpha value is -3.36. The van der Waals surface area contributed by atoms with E-state index in [0.717, 1.165) is 34.0 Å². The summed E-state index contributed by atoms with van der Waals surface area (Å²) in [6.45, 7) is 3.38. The van der Waals surface area contributed by atoms with Crippen LogP contribution in [0, 0.1) is 0 Å². The van der Waals surface area contributed by atoms with Crippen LogP contribution in [-0.4, -0.2) is 38.3 Å². The van der Waals surface area contributed by atoms with Crippen molar-refractivity contribution in [3.05, 3.63) is 68.8 Å². The van der Waals surface area contributed by atoms with Gasteiger partial charge < -0.3 is 24.1 Å². The number of ether oxygens (including phenoxy) is 3. The minimum absolute atomic E-state index is 0.0650. The van der Waals surface area contributed by atoms with Gasteiger partial charge in [0, 0.05) is 31.1 Å². The summed E-state index contributed by atoms with van der Waals surface area (Å²) in [6.07, 6.45) is 2.52. The van der Waals surface area contributed by atoms with Crippen molar-refractivity contribution in [2.45, 2.75) is 39.3 Å². The van der Waals surface area contributed by atoms with Crippen LogP contribution in [0.25, 0.3) is 21.0 Å². The third-order valence-corrected chi connectivity index (χ3v) is 7.55. The predicted molar refractivity (Wildman–Crippen MR) is 145 cm³/mol. The summed E-state index contributed by atoms with van der Waals surface area (Å²) >= 11 is 1.36. The average molecular weight is 509 g/mol. The van der Waals surface area contributed by atoms with Gasteiger partial charge in [0.2, 0.25) is 0 Å². The lowest BCUT2D eigenvalue weighted by atomic mass is 10.1. The van der Waals surface area contributed by atoms with E-state index in [1.54, 1.807) is 21.3 Å². The molecule has 2 aromatic carbocycles. The van der Waals surface area contributed by atoms with Crippen molar-refractivity contribution in [2.24, 2.45) is 0 Å². The standard InChI is InChI=1S/C28H32N2O5S/c1-5-6-15-30-21-10-8-7-9-19(21)25-24(28(30)32)20(17-33-2)26(36-25)27(31)29-14-13-18-11-12-22(34-3)23(16-18)35-4/h7-12,16H,5-6,13-15,17H2,1-4H3,(H,29,31). The van der Waals surface area contributed by atoms with E-state index in [1.165, 1.54) is 11.3 Å². The molecule has 8 heteroatoms. The molecule has 1 N–H and O–H groups in total. The first-order chi connectivity index (χ1) is 17.5. The van der Waals surface area contributed by atoms with Crippen LogP contribution in [0.4, 0.5) is 0 Å². The molecular weight excluding hydrogens is 476 g/mol. The number of pyridine rings is 1. The van der Waals surface area contributed by atoms with Gasteiger partial charge in [0.1, 0.15) is 0 Å². The molecule has 0 radical (unpaired) electrons. The monoisotopic (exact) mass is 508 g/mol. The minimum Gasteiger partial charge on any atom is -0.493 e. The Balaban J connectivity index is 1.67. The van der Waals surface area contributed by atoms with Crippen molar-refractivity contribution in [1.82, 2.24) is 9.88 Å².